The number of amides is 2. The van der Waals surface area contributed by atoms with E-state index in [4.69, 9.17) is 25.8 Å². The van der Waals surface area contributed by atoms with Crippen molar-refractivity contribution in [2.75, 3.05) is 25.1 Å². The monoisotopic (exact) mass is 396 g/mol. The zero-order valence-electron chi connectivity index (χ0n) is 15.8. The largest absolute Gasteiger partial charge is 0.490 e. The second kappa shape index (κ2) is 7.84. The summed E-state index contributed by atoms with van der Waals surface area (Å²) in [6.45, 7) is 6.98. The maximum atomic E-state index is 12.8. The Hall–Kier alpha value is -2.15. The highest BCUT2D eigenvalue weighted by atomic mass is 35.5. The molecule has 1 saturated heterocycles. The van der Waals surface area contributed by atoms with Crippen molar-refractivity contribution in [1.82, 2.24) is 4.90 Å². The Morgan fingerprint density at radius 2 is 1.85 bits per heavy atom. The van der Waals surface area contributed by atoms with Crippen LogP contribution >= 0.6 is 11.6 Å². The second-order valence-electron chi connectivity index (χ2n) is 7.65. The van der Waals surface area contributed by atoms with E-state index >= 15 is 0 Å². The van der Waals surface area contributed by atoms with Gasteiger partial charge in [-0.1, -0.05) is 11.6 Å². The van der Waals surface area contributed by atoms with E-state index in [1.165, 1.54) is 4.90 Å². The first-order valence-electron chi connectivity index (χ1n) is 9.14. The van der Waals surface area contributed by atoms with Crippen LogP contribution in [0.3, 0.4) is 0 Å². The standard InChI is InChI=1S/C19H25ClN2O5/c1-19(2,3)27-18(24)22-7-4-6-14(22)17(23)21-13-11-16-15(10-12(13)20)25-8-5-9-26-16/h10-11,14H,4-9H2,1-3H3,(H,21,23)/t14-/m0/s1. The average Bonchev–Trinajstić information content (AvgIpc) is 2.96. The third-order valence-corrected chi connectivity index (χ3v) is 4.59. The van der Waals surface area contributed by atoms with Crippen LogP contribution in [0.5, 0.6) is 11.5 Å². The number of halogens is 1. The summed E-state index contributed by atoms with van der Waals surface area (Å²) in [6.07, 6.45) is 1.62. The summed E-state index contributed by atoms with van der Waals surface area (Å²) in [6, 6.07) is 2.71. The van der Waals surface area contributed by atoms with Gasteiger partial charge >= 0.3 is 6.09 Å². The highest BCUT2D eigenvalue weighted by Crippen LogP contribution is 2.38. The fourth-order valence-electron chi connectivity index (χ4n) is 3.07. The van der Waals surface area contributed by atoms with E-state index in [0.29, 0.717) is 48.4 Å². The van der Waals surface area contributed by atoms with Gasteiger partial charge in [-0.25, -0.2) is 4.79 Å². The summed E-state index contributed by atoms with van der Waals surface area (Å²) in [5.41, 5.74) is -0.180. The van der Waals surface area contributed by atoms with Crippen LogP contribution in [0.25, 0.3) is 0 Å². The molecule has 8 heteroatoms. The Morgan fingerprint density at radius 1 is 1.19 bits per heavy atom. The van der Waals surface area contributed by atoms with Gasteiger partial charge in [0.25, 0.3) is 0 Å². The van der Waals surface area contributed by atoms with E-state index in [-0.39, 0.29) is 5.91 Å². The molecule has 1 aromatic carbocycles. The van der Waals surface area contributed by atoms with Crippen molar-refractivity contribution < 1.29 is 23.8 Å². The first-order valence-corrected chi connectivity index (χ1v) is 9.52. The van der Waals surface area contributed by atoms with Gasteiger partial charge in [-0.2, -0.15) is 0 Å². The molecule has 0 saturated carbocycles. The van der Waals surface area contributed by atoms with Crippen LogP contribution in [-0.2, 0) is 9.53 Å². The topological polar surface area (TPSA) is 77.1 Å². The minimum atomic E-state index is -0.613. The molecule has 148 valence electrons. The molecular weight excluding hydrogens is 372 g/mol. The van der Waals surface area contributed by atoms with Crippen molar-refractivity contribution in [2.24, 2.45) is 0 Å². The third-order valence-electron chi connectivity index (χ3n) is 4.28. The molecule has 0 aromatic heterocycles. The zero-order valence-corrected chi connectivity index (χ0v) is 16.6. The van der Waals surface area contributed by atoms with Gasteiger partial charge in [0.05, 0.1) is 23.9 Å². The van der Waals surface area contributed by atoms with Crippen molar-refractivity contribution >= 4 is 29.3 Å². The quantitative estimate of drug-likeness (QED) is 0.821. The molecule has 3 rings (SSSR count). The minimum Gasteiger partial charge on any atom is -0.490 e. The molecular formula is C19H25ClN2O5. The van der Waals surface area contributed by atoms with E-state index in [1.54, 1.807) is 32.9 Å². The molecule has 0 bridgehead atoms. The van der Waals surface area contributed by atoms with Crippen molar-refractivity contribution in [3.63, 3.8) is 0 Å². The van der Waals surface area contributed by atoms with E-state index in [2.05, 4.69) is 5.32 Å². The summed E-state index contributed by atoms with van der Waals surface area (Å²) < 4.78 is 16.6. The van der Waals surface area contributed by atoms with Crippen LogP contribution in [-0.4, -0.2) is 48.3 Å². The molecule has 2 aliphatic heterocycles. The second-order valence-corrected chi connectivity index (χ2v) is 8.06. The molecule has 2 aliphatic rings. The highest BCUT2D eigenvalue weighted by Gasteiger charge is 2.36. The number of likely N-dealkylation sites (tertiary alicyclic amines) is 1. The van der Waals surface area contributed by atoms with E-state index in [9.17, 15) is 9.59 Å². The van der Waals surface area contributed by atoms with Crippen LogP contribution in [0.2, 0.25) is 5.02 Å². The van der Waals surface area contributed by atoms with Gasteiger partial charge in [-0.05, 0) is 33.6 Å². The van der Waals surface area contributed by atoms with Gasteiger partial charge in [0.2, 0.25) is 5.91 Å². The normalized spacial score (nSPS) is 19.4. The molecule has 1 atom stereocenters. The van der Waals surface area contributed by atoms with E-state index in [0.717, 1.165) is 12.8 Å². The van der Waals surface area contributed by atoms with Crippen LogP contribution in [0.4, 0.5) is 10.5 Å². The predicted molar refractivity (Wildman–Crippen MR) is 102 cm³/mol. The molecule has 0 radical (unpaired) electrons. The molecule has 0 unspecified atom stereocenters. The van der Waals surface area contributed by atoms with Crippen LogP contribution < -0.4 is 14.8 Å². The maximum absolute atomic E-state index is 12.8. The molecule has 7 nitrogen and oxygen atoms in total. The molecule has 1 N–H and O–H groups in total. The molecule has 2 amide bonds. The Morgan fingerprint density at radius 3 is 2.52 bits per heavy atom. The molecule has 1 fully saturated rings. The highest BCUT2D eigenvalue weighted by molar-refractivity contribution is 6.34. The lowest BCUT2D eigenvalue weighted by atomic mass is 10.2. The van der Waals surface area contributed by atoms with E-state index in [1.807, 2.05) is 0 Å². The fraction of sp³-hybridized carbons (Fsp3) is 0.579. The minimum absolute atomic E-state index is 0.297. The van der Waals surface area contributed by atoms with Crippen molar-refractivity contribution in [2.45, 2.75) is 51.7 Å². The Balaban J connectivity index is 1.73. The number of benzene rings is 1. The molecule has 27 heavy (non-hydrogen) atoms. The lowest BCUT2D eigenvalue weighted by Gasteiger charge is -2.28. The molecule has 0 aliphatic carbocycles. The summed E-state index contributed by atoms with van der Waals surface area (Å²) in [5, 5.41) is 3.17. The Labute approximate surface area is 163 Å². The molecule has 1 aromatic rings. The van der Waals surface area contributed by atoms with Gasteiger partial charge in [-0.3, -0.25) is 9.69 Å². The van der Waals surface area contributed by atoms with Crippen LogP contribution in [0, 0.1) is 0 Å². The first-order chi connectivity index (χ1) is 12.7. The average molecular weight is 397 g/mol. The Bertz CT molecular complexity index is 732. The number of ether oxygens (including phenoxy) is 3. The number of fused-ring (bicyclic) bond motifs is 1. The number of carbonyl (C=O) groups excluding carboxylic acids is 2. The summed E-state index contributed by atoms with van der Waals surface area (Å²) in [4.78, 5) is 26.6. The van der Waals surface area contributed by atoms with Gasteiger partial charge < -0.3 is 19.5 Å². The number of nitrogens with one attached hydrogen (secondary N) is 1. The van der Waals surface area contributed by atoms with Crippen molar-refractivity contribution in [3.05, 3.63) is 17.2 Å². The van der Waals surface area contributed by atoms with Gasteiger partial charge in [0.15, 0.2) is 11.5 Å². The molecule has 0 spiro atoms. The van der Waals surface area contributed by atoms with Crippen molar-refractivity contribution in [3.8, 4) is 11.5 Å². The van der Waals surface area contributed by atoms with Crippen molar-refractivity contribution in [1.29, 1.82) is 0 Å². The zero-order chi connectivity index (χ0) is 19.6. The number of rotatable bonds is 2. The van der Waals surface area contributed by atoms with Gasteiger partial charge in [0.1, 0.15) is 11.6 Å². The summed E-state index contributed by atoms with van der Waals surface area (Å²) in [5.74, 6) is 0.809. The SMILES string of the molecule is CC(C)(C)OC(=O)N1CCC[C@H]1C(=O)Nc1cc2c(cc1Cl)OCCCO2. The van der Waals surface area contributed by atoms with Crippen LogP contribution in [0.15, 0.2) is 12.1 Å². The summed E-state index contributed by atoms with van der Waals surface area (Å²) in [7, 11) is 0. The van der Waals surface area contributed by atoms with Gasteiger partial charge in [0, 0.05) is 25.1 Å². The lowest BCUT2D eigenvalue weighted by molar-refractivity contribution is -0.120. The first kappa shape index (κ1) is 19.6. The number of hydrogen-bond acceptors (Lipinski definition) is 5. The van der Waals surface area contributed by atoms with E-state index < -0.39 is 17.7 Å². The van der Waals surface area contributed by atoms with Crippen LogP contribution in [0.1, 0.15) is 40.0 Å². The number of carbonyl (C=O) groups is 2. The summed E-state index contributed by atoms with van der Waals surface area (Å²) >= 11 is 6.30. The number of hydrogen-bond donors (Lipinski definition) is 1. The number of nitrogens with zero attached hydrogens (tertiary/aromatic N) is 1. The maximum Gasteiger partial charge on any atom is 0.410 e. The number of anilines is 1. The Kier molecular flexibility index (Phi) is 5.69. The lowest BCUT2D eigenvalue weighted by Crippen LogP contribution is -2.45. The van der Waals surface area contributed by atoms with Gasteiger partial charge in [-0.15, -0.1) is 0 Å². The smallest absolute Gasteiger partial charge is 0.410 e. The third kappa shape index (κ3) is 4.77. The molecule has 2 heterocycles. The fourth-order valence-corrected chi connectivity index (χ4v) is 3.28. The predicted octanol–water partition coefficient (Wildman–Crippen LogP) is 3.84.